The van der Waals surface area contributed by atoms with Gasteiger partial charge in [0.25, 0.3) is 0 Å². The summed E-state index contributed by atoms with van der Waals surface area (Å²) in [5, 5.41) is 6.00. The third-order valence-electron chi connectivity index (χ3n) is 6.66. The van der Waals surface area contributed by atoms with Gasteiger partial charge in [-0.2, -0.15) is 5.10 Å². The van der Waals surface area contributed by atoms with E-state index in [1.807, 2.05) is 29.3 Å². The lowest BCUT2D eigenvalue weighted by Gasteiger charge is -2.30. The molecule has 0 radical (unpaired) electrons. The molecule has 0 aliphatic carbocycles. The van der Waals surface area contributed by atoms with Gasteiger partial charge in [-0.05, 0) is 31.0 Å². The Morgan fingerprint density at radius 2 is 2.00 bits per heavy atom. The molecule has 28 heavy (non-hydrogen) atoms. The molecule has 6 nitrogen and oxygen atoms in total. The molecule has 0 saturated carbocycles. The summed E-state index contributed by atoms with van der Waals surface area (Å²) in [7, 11) is 0. The summed E-state index contributed by atoms with van der Waals surface area (Å²) in [6, 6.07) is 12.5. The molecule has 2 aromatic heterocycles. The number of carbonyl (C=O) groups is 1. The van der Waals surface area contributed by atoms with Crippen LogP contribution in [-0.4, -0.2) is 51.9 Å². The number of ether oxygens (including phenoxy) is 1. The number of hydrogen-bond acceptors (Lipinski definition) is 4. The molecule has 1 spiro atoms. The first-order valence-corrected chi connectivity index (χ1v) is 10.0. The van der Waals surface area contributed by atoms with E-state index in [-0.39, 0.29) is 17.2 Å². The van der Waals surface area contributed by atoms with Crippen molar-refractivity contribution in [3.8, 4) is 11.3 Å². The molecule has 3 aliphatic rings. The Morgan fingerprint density at radius 1 is 1.14 bits per heavy atom. The number of aryl methyl sites for hydroxylation is 1. The number of para-hydroxylation sites is 1. The Morgan fingerprint density at radius 3 is 2.86 bits per heavy atom. The molecule has 6 heteroatoms. The fraction of sp³-hybridized carbons (Fsp3) is 0.409. The van der Waals surface area contributed by atoms with Crippen molar-refractivity contribution in [2.75, 3.05) is 26.3 Å². The van der Waals surface area contributed by atoms with Crippen LogP contribution in [0.15, 0.2) is 42.6 Å². The lowest BCUT2D eigenvalue weighted by Crippen LogP contribution is -2.44. The number of benzene rings is 1. The first-order valence-electron chi connectivity index (χ1n) is 10.0. The molecule has 0 N–H and O–H groups in total. The van der Waals surface area contributed by atoms with Gasteiger partial charge in [0.05, 0.1) is 30.3 Å². The van der Waals surface area contributed by atoms with Crippen LogP contribution >= 0.6 is 0 Å². The SMILES string of the molecule is O=C(C1COC1)N1CCC2(CCn3nc(-c4cnc5ccccc5c4)cc32)C1. The van der Waals surface area contributed by atoms with Crippen molar-refractivity contribution in [2.45, 2.75) is 24.8 Å². The molecule has 6 rings (SSSR count). The monoisotopic (exact) mass is 374 g/mol. The molecular formula is C22H22N4O2. The predicted molar refractivity (Wildman–Crippen MR) is 105 cm³/mol. The van der Waals surface area contributed by atoms with Gasteiger partial charge in [-0.15, -0.1) is 0 Å². The largest absolute Gasteiger partial charge is 0.380 e. The summed E-state index contributed by atoms with van der Waals surface area (Å²) in [4.78, 5) is 19.3. The number of likely N-dealkylation sites (tertiary alicyclic amines) is 1. The molecule has 0 bridgehead atoms. The van der Waals surface area contributed by atoms with Crippen LogP contribution in [0.3, 0.4) is 0 Å². The molecule has 142 valence electrons. The van der Waals surface area contributed by atoms with Crippen LogP contribution < -0.4 is 0 Å². The molecule has 3 aliphatic heterocycles. The molecule has 5 heterocycles. The number of aromatic nitrogens is 3. The Hall–Kier alpha value is -2.73. The zero-order valence-electron chi connectivity index (χ0n) is 15.7. The van der Waals surface area contributed by atoms with Gasteiger partial charge >= 0.3 is 0 Å². The Kier molecular flexibility index (Phi) is 3.41. The van der Waals surface area contributed by atoms with Crippen molar-refractivity contribution in [2.24, 2.45) is 5.92 Å². The highest BCUT2D eigenvalue weighted by atomic mass is 16.5. The standard InChI is InChI=1S/C22H22N4O2/c27-21(17-12-28-13-17)25-7-5-22(14-25)6-8-26-20(22)10-19(24-26)16-9-15-3-1-2-4-18(15)23-11-16/h1-4,9-11,17H,5-8,12-14H2. The van der Waals surface area contributed by atoms with E-state index in [2.05, 4.69) is 27.9 Å². The van der Waals surface area contributed by atoms with Gasteiger partial charge in [-0.25, -0.2) is 0 Å². The summed E-state index contributed by atoms with van der Waals surface area (Å²) in [6.45, 7) is 3.74. The van der Waals surface area contributed by atoms with E-state index in [0.29, 0.717) is 13.2 Å². The number of hydrogen-bond donors (Lipinski definition) is 0. The number of pyridine rings is 1. The van der Waals surface area contributed by atoms with Crippen molar-refractivity contribution < 1.29 is 9.53 Å². The van der Waals surface area contributed by atoms with Gasteiger partial charge < -0.3 is 9.64 Å². The second-order valence-electron chi connectivity index (χ2n) is 8.33. The summed E-state index contributed by atoms with van der Waals surface area (Å²) in [5.41, 5.74) is 4.35. The molecule has 2 saturated heterocycles. The molecule has 1 atom stereocenters. The number of rotatable bonds is 2. The fourth-order valence-electron chi connectivity index (χ4n) is 4.92. The molecule has 1 aromatic carbocycles. The van der Waals surface area contributed by atoms with E-state index in [9.17, 15) is 4.79 Å². The molecular weight excluding hydrogens is 352 g/mol. The lowest BCUT2D eigenvalue weighted by molar-refractivity contribution is -0.149. The minimum atomic E-state index is 0.0514. The minimum Gasteiger partial charge on any atom is -0.380 e. The first-order chi connectivity index (χ1) is 13.7. The van der Waals surface area contributed by atoms with Crippen LogP contribution in [0.5, 0.6) is 0 Å². The van der Waals surface area contributed by atoms with Crippen molar-refractivity contribution in [3.05, 3.63) is 48.3 Å². The van der Waals surface area contributed by atoms with Crippen LogP contribution in [0.4, 0.5) is 0 Å². The van der Waals surface area contributed by atoms with Crippen molar-refractivity contribution in [1.82, 2.24) is 19.7 Å². The van der Waals surface area contributed by atoms with Gasteiger partial charge in [0.2, 0.25) is 5.91 Å². The third-order valence-corrected chi connectivity index (χ3v) is 6.66. The van der Waals surface area contributed by atoms with E-state index in [1.165, 1.54) is 5.69 Å². The quantitative estimate of drug-likeness (QED) is 0.692. The highest BCUT2D eigenvalue weighted by Gasteiger charge is 2.48. The second kappa shape index (κ2) is 5.88. The van der Waals surface area contributed by atoms with Gasteiger partial charge in [0.1, 0.15) is 0 Å². The van der Waals surface area contributed by atoms with Crippen LogP contribution in [0, 0.1) is 5.92 Å². The average molecular weight is 374 g/mol. The Labute approximate surface area is 163 Å². The van der Waals surface area contributed by atoms with E-state index in [1.54, 1.807) is 0 Å². The van der Waals surface area contributed by atoms with E-state index >= 15 is 0 Å². The van der Waals surface area contributed by atoms with Gasteiger partial charge in [-0.1, -0.05) is 18.2 Å². The lowest BCUT2D eigenvalue weighted by atomic mass is 9.82. The van der Waals surface area contributed by atoms with Crippen molar-refractivity contribution >= 4 is 16.8 Å². The van der Waals surface area contributed by atoms with Crippen molar-refractivity contribution in [3.63, 3.8) is 0 Å². The zero-order valence-corrected chi connectivity index (χ0v) is 15.7. The topological polar surface area (TPSA) is 60.2 Å². The van der Waals surface area contributed by atoms with Gasteiger partial charge in [-0.3, -0.25) is 14.5 Å². The highest BCUT2D eigenvalue weighted by Crippen LogP contribution is 2.44. The summed E-state index contributed by atoms with van der Waals surface area (Å²) in [5.74, 6) is 0.334. The Bertz CT molecular complexity index is 1090. The van der Waals surface area contributed by atoms with Crippen molar-refractivity contribution in [1.29, 1.82) is 0 Å². The van der Waals surface area contributed by atoms with Gasteiger partial charge in [0, 0.05) is 47.9 Å². The molecule has 1 unspecified atom stereocenters. The van der Waals surface area contributed by atoms with Crippen LogP contribution in [0.1, 0.15) is 18.5 Å². The van der Waals surface area contributed by atoms with Gasteiger partial charge in [0.15, 0.2) is 0 Å². The number of nitrogens with zero attached hydrogens (tertiary/aromatic N) is 4. The number of carbonyl (C=O) groups excluding carboxylic acids is 1. The van der Waals surface area contributed by atoms with Crippen LogP contribution in [-0.2, 0) is 21.5 Å². The Balaban J connectivity index is 1.31. The van der Waals surface area contributed by atoms with Crippen LogP contribution in [0.2, 0.25) is 0 Å². The van der Waals surface area contributed by atoms with E-state index < -0.39 is 0 Å². The summed E-state index contributed by atoms with van der Waals surface area (Å²) >= 11 is 0. The maximum Gasteiger partial charge on any atom is 0.230 e. The number of amides is 1. The summed E-state index contributed by atoms with van der Waals surface area (Å²) < 4.78 is 7.35. The predicted octanol–water partition coefficient (Wildman–Crippen LogP) is 2.62. The molecule has 1 amide bonds. The maximum atomic E-state index is 12.6. The summed E-state index contributed by atoms with van der Waals surface area (Å²) in [6.07, 6.45) is 4.00. The third kappa shape index (κ3) is 2.34. The molecule has 2 fully saturated rings. The highest BCUT2D eigenvalue weighted by molar-refractivity contribution is 5.83. The minimum absolute atomic E-state index is 0.0514. The zero-order chi connectivity index (χ0) is 18.7. The number of fused-ring (bicyclic) bond motifs is 3. The normalized spacial score (nSPS) is 24.1. The smallest absolute Gasteiger partial charge is 0.230 e. The first kappa shape index (κ1) is 16.2. The second-order valence-corrected chi connectivity index (χ2v) is 8.33. The fourth-order valence-corrected chi connectivity index (χ4v) is 4.92. The molecule has 3 aromatic rings. The van der Waals surface area contributed by atoms with E-state index in [4.69, 9.17) is 9.84 Å². The van der Waals surface area contributed by atoms with E-state index in [0.717, 1.165) is 54.6 Å². The van der Waals surface area contributed by atoms with Crippen LogP contribution in [0.25, 0.3) is 22.2 Å². The average Bonchev–Trinajstić information content (AvgIpc) is 3.37. The maximum absolute atomic E-state index is 12.6.